The first-order chi connectivity index (χ1) is 6.91. The van der Waals surface area contributed by atoms with Crippen LogP contribution in [-0.2, 0) is 19.6 Å². The second-order valence-electron chi connectivity index (χ2n) is 3.25. The molecule has 0 aliphatic heterocycles. The number of ether oxygens (including phenoxy) is 1. The fourth-order valence-corrected chi connectivity index (χ4v) is 2.27. The number of nitrogens with one attached hydrogen (secondary N) is 1. The molecule has 0 rings (SSSR count). The predicted molar refractivity (Wildman–Crippen MR) is 56.7 cm³/mol. The topological polar surface area (TPSA) is 98.5 Å². The number of esters is 1. The first kappa shape index (κ1) is 14.3. The summed E-state index contributed by atoms with van der Waals surface area (Å²) in [5.74, 6) is -0.496. The van der Waals surface area contributed by atoms with Crippen molar-refractivity contribution in [1.82, 2.24) is 4.72 Å². The summed E-state index contributed by atoms with van der Waals surface area (Å²) in [6.07, 6.45) is 0.355. The lowest BCUT2D eigenvalue weighted by molar-refractivity contribution is -0.140. The van der Waals surface area contributed by atoms with Gasteiger partial charge in [-0.1, -0.05) is 0 Å². The summed E-state index contributed by atoms with van der Waals surface area (Å²) in [7, 11) is -2.07. The summed E-state index contributed by atoms with van der Waals surface area (Å²) in [5, 5.41) is 0. The van der Waals surface area contributed by atoms with Crippen LogP contribution in [0.5, 0.6) is 0 Å². The molecule has 0 radical (unpaired) electrons. The smallest absolute Gasteiger partial charge is 0.305 e. The number of hydrogen-bond donors (Lipinski definition) is 2. The van der Waals surface area contributed by atoms with Crippen molar-refractivity contribution in [1.29, 1.82) is 0 Å². The Hall–Kier alpha value is -0.660. The Labute approximate surface area is 90.2 Å². The van der Waals surface area contributed by atoms with Crippen LogP contribution in [0.4, 0.5) is 0 Å². The molecule has 0 aromatic heterocycles. The Morgan fingerprint density at radius 3 is 2.60 bits per heavy atom. The number of sulfonamides is 1. The summed E-state index contributed by atoms with van der Waals surface area (Å²) < 4.78 is 29.5. The van der Waals surface area contributed by atoms with Gasteiger partial charge in [0.25, 0.3) is 0 Å². The molecule has 0 saturated carbocycles. The van der Waals surface area contributed by atoms with Crippen LogP contribution in [0.25, 0.3) is 0 Å². The van der Waals surface area contributed by atoms with Crippen molar-refractivity contribution < 1.29 is 17.9 Å². The molecule has 0 heterocycles. The van der Waals surface area contributed by atoms with Gasteiger partial charge < -0.3 is 10.5 Å². The molecule has 0 saturated heterocycles. The van der Waals surface area contributed by atoms with E-state index in [9.17, 15) is 13.2 Å². The Kier molecular flexibility index (Phi) is 6.46. The van der Waals surface area contributed by atoms with Gasteiger partial charge in [-0.15, -0.1) is 0 Å². The van der Waals surface area contributed by atoms with E-state index in [1.54, 1.807) is 6.92 Å². The molecule has 0 unspecified atom stereocenters. The molecule has 0 aromatic carbocycles. The lowest BCUT2D eigenvalue weighted by Gasteiger charge is -2.11. The molecule has 1 atom stereocenters. The van der Waals surface area contributed by atoms with E-state index in [1.807, 2.05) is 0 Å². The molecule has 15 heavy (non-hydrogen) atoms. The van der Waals surface area contributed by atoms with Crippen molar-refractivity contribution in [2.24, 2.45) is 5.73 Å². The maximum Gasteiger partial charge on any atom is 0.305 e. The molecule has 0 bridgehead atoms. The molecule has 0 aromatic rings. The van der Waals surface area contributed by atoms with Crippen LogP contribution in [0, 0.1) is 0 Å². The Morgan fingerprint density at radius 2 is 2.13 bits per heavy atom. The summed E-state index contributed by atoms with van der Waals surface area (Å²) in [5.41, 5.74) is 5.28. The fraction of sp³-hybridized carbons (Fsp3) is 0.875. The second kappa shape index (κ2) is 6.76. The average Bonchev–Trinajstić information content (AvgIpc) is 2.16. The number of carbonyl (C=O) groups excluding carboxylic acids is 1. The molecular weight excluding hydrogens is 220 g/mol. The highest BCUT2D eigenvalue weighted by atomic mass is 32.2. The number of nitrogens with two attached hydrogens (primary N) is 1. The first-order valence-electron chi connectivity index (χ1n) is 4.68. The van der Waals surface area contributed by atoms with Crippen LogP contribution in [0.2, 0.25) is 0 Å². The maximum absolute atomic E-state index is 11.4. The van der Waals surface area contributed by atoms with E-state index >= 15 is 0 Å². The SMILES string of the molecule is COC(=O)CCCS(=O)(=O)N[C@H](C)CN. The van der Waals surface area contributed by atoms with Gasteiger partial charge in [0.1, 0.15) is 0 Å². The highest BCUT2D eigenvalue weighted by Gasteiger charge is 2.13. The molecule has 6 nitrogen and oxygen atoms in total. The van der Waals surface area contributed by atoms with Crippen molar-refractivity contribution in [2.75, 3.05) is 19.4 Å². The summed E-state index contributed by atoms with van der Waals surface area (Å²) >= 11 is 0. The van der Waals surface area contributed by atoms with Gasteiger partial charge in [-0.2, -0.15) is 0 Å². The number of hydrogen-bond acceptors (Lipinski definition) is 5. The van der Waals surface area contributed by atoms with Gasteiger partial charge in [0.15, 0.2) is 0 Å². The van der Waals surface area contributed by atoms with E-state index in [0.717, 1.165) is 0 Å². The van der Waals surface area contributed by atoms with E-state index < -0.39 is 16.0 Å². The molecule has 0 spiro atoms. The van der Waals surface area contributed by atoms with Gasteiger partial charge in [0.05, 0.1) is 12.9 Å². The number of carbonyl (C=O) groups is 1. The zero-order chi connectivity index (χ0) is 11.9. The third kappa shape index (κ3) is 7.29. The first-order valence-corrected chi connectivity index (χ1v) is 6.33. The number of methoxy groups -OCH3 is 1. The van der Waals surface area contributed by atoms with Crippen molar-refractivity contribution in [3.05, 3.63) is 0 Å². The zero-order valence-corrected chi connectivity index (χ0v) is 9.84. The highest BCUT2D eigenvalue weighted by Crippen LogP contribution is 1.97. The van der Waals surface area contributed by atoms with Crippen molar-refractivity contribution in [3.63, 3.8) is 0 Å². The predicted octanol–water partition coefficient (Wildman–Crippen LogP) is -0.794. The van der Waals surface area contributed by atoms with Gasteiger partial charge in [0.2, 0.25) is 10.0 Å². The molecule has 90 valence electrons. The van der Waals surface area contributed by atoms with E-state index in [0.29, 0.717) is 0 Å². The Bertz CT molecular complexity index is 289. The maximum atomic E-state index is 11.4. The summed E-state index contributed by atoms with van der Waals surface area (Å²) in [4.78, 5) is 10.7. The Morgan fingerprint density at radius 1 is 1.53 bits per heavy atom. The van der Waals surface area contributed by atoms with Crippen molar-refractivity contribution in [3.8, 4) is 0 Å². The Balaban J connectivity index is 3.90. The highest BCUT2D eigenvalue weighted by molar-refractivity contribution is 7.89. The quantitative estimate of drug-likeness (QED) is 0.566. The lowest BCUT2D eigenvalue weighted by Crippen LogP contribution is -2.39. The van der Waals surface area contributed by atoms with Crippen LogP contribution in [0.3, 0.4) is 0 Å². The van der Waals surface area contributed by atoms with E-state index in [4.69, 9.17) is 5.73 Å². The third-order valence-corrected chi connectivity index (χ3v) is 3.34. The lowest BCUT2D eigenvalue weighted by atomic mass is 10.3. The summed E-state index contributed by atoms with van der Waals surface area (Å²) in [6.45, 7) is 1.92. The van der Waals surface area contributed by atoms with E-state index in [2.05, 4.69) is 9.46 Å². The number of rotatable bonds is 7. The monoisotopic (exact) mass is 238 g/mol. The van der Waals surface area contributed by atoms with Crippen LogP contribution in [-0.4, -0.2) is 39.8 Å². The zero-order valence-electron chi connectivity index (χ0n) is 9.02. The minimum absolute atomic E-state index is 0.0908. The van der Waals surface area contributed by atoms with Gasteiger partial charge in [-0.25, -0.2) is 13.1 Å². The molecule has 0 fully saturated rings. The van der Waals surface area contributed by atoms with Gasteiger partial charge in [-0.05, 0) is 13.3 Å². The minimum atomic E-state index is -3.33. The van der Waals surface area contributed by atoms with Gasteiger partial charge in [0, 0.05) is 19.0 Å². The van der Waals surface area contributed by atoms with Crippen molar-refractivity contribution >= 4 is 16.0 Å². The molecule has 0 aliphatic rings. The van der Waals surface area contributed by atoms with Crippen LogP contribution in [0.15, 0.2) is 0 Å². The van der Waals surface area contributed by atoms with Crippen LogP contribution in [0.1, 0.15) is 19.8 Å². The van der Waals surface area contributed by atoms with Gasteiger partial charge >= 0.3 is 5.97 Å². The van der Waals surface area contributed by atoms with Crippen LogP contribution < -0.4 is 10.5 Å². The average molecular weight is 238 g/mol. The summed E-state index contributed by atoms with van der Waals surface area (Å²) in [6, 6.07) is -0.284. The van der Waals surface area contributed by atoms with Crippen molar-refractivity contribution in [2.45, 2.75) is 25.8 Å². The molecule has 7 heteroatoms. The van der Waals surface area contributed by atoms with E-state index in [1.165, 1.54) is 7.11 Å². The molecule has 0 amide bonds. The molecule has 3 N–H and O–H groups in total. The molecule has 0 aliphatic carbocycles. The van der Waals surface area contributed by atoms with E-state index in [-0.39, 0.29) is 31.2 Å². The fourth-order valence-electron chi connectivity index (χ4n) is 0.922. The largest absolute Gasteiger partial charge is 0.469 e. The minimum Gasteiger partial charge on any atom is -0.469 e. The van der Waals surface area contributed by atoms with Gasteiger partial charge in [-0.3, -0.25) is 4.79 Å². The third-order valence-electron chi connectivity index (χ3n) is 1.76. The van der Waals surface area contributed by atoms with Crippen LogP contribution >= 0.6 is 0 Å². The standard InChI is InChI=1S/C8H18N2O4S/c1-7(6-9)10-15(12,13)5-3-4-8(11)14-2/h7,10H,3-6,9H2,1-2H3/t7-/m1/s1. The molecular formula is C8H18N2O4S. The normalized spacial score (nSPS) is 13.5. The second-order valence-corrected chi connectivity index (χ2v) is 5.13.